The largest absolute Gasteiger partial charge is 0.506 e. The summed E-state index contributed by atoms with van der Waals surface area (Å²) in [5.41, 5.74) is 0.417. The number of hydrogen-bond acceptors (Lipinski definition) is 3. The van der Waals surface area contributed by atoms with Crippen LogP contribution in [0.15, 0.2) is 12.1 Å². The molecule has 3 N–H and O–H groups in total. The number of rotatable bonds is 3. The average Bonchev–Trinajstić information content (AvgIpc) is 2.13. The minimum atomic E-state index is -0.953. The van der Waals surface area contributed by atoms with Gasteiger partial charge >= 0.3 is 5.97 Å². The number of phenolic OH excluding ortho intramolecular Hbond substituents is 2. The van der Waals surface area contributed by atoms with Crippen molar-refractivity contribution >= 4 is 17.6 Å². The summed E-state index contributed by atoms with van der Waals surface area (Å²) in [6.45, 7) is 1.66. The van der Waals surface area contributed by atoms with Crippen LogP contribution in [0.2, 0.25) is 5.02 Å². The molecular formula is C10H11ClO4. The van der Waals surface area contributed by atoms with Crippen LogP contribution in [0, 0.1) is 0 Å². The van der Waals surface area contributed by atoms with Gasteiger partial charge in [-0.25, -0.2) is 0 Å². The molecule has 0 saturated carbocycles. The Bertz CT molecular complexity index is 389. The van der Waals surface area contributed by atoms with E-state index in [0.29, 0.717) is 5.56 Å². The van der Waals surface area contributed by atoms with Gasteiger partial charge in [-0.15, -0.1) is 0 Å². The van der Waals surface area contributed by atoms with E-state index >= 15 is 0 Å². The Balaban J connectivity index is 3.05. The topological polar surface area (TPSA) is 77.8 Å². The van der Waals surface area contributed by atoms with Crippen molar-refractivity contribution in [2.75, 3.05) is 0 Å². The van der Waals surface area contributed by atoms with E-state index < -0.39 is 5.97 Å². The van der Waals surface area contributed by atoms with Crippen LogP contribution >= 0.6 is 11.6 Å². The Morgan fingerprint density at radius 3 is 2.60 bits per heavy atom. The molecule has 0 aliphatic rings. The molecule has 1 aromatic rings. The molecule has 1 atom stereocenters. The molecule has 0 heterocycles. The first-order chi connectivity index (χ1) is 6.93. The minimum Gasteiger partial charge on any atom is -0.506 e. The maximum Gasteiger partial charge on any atom is 0.303 e. The van der Waals surface area contributed by atoms with Gasteiger partial charge in [-0.2, -0.15) is 0 Å². The molecule has 1 rings (SSSR count). The lowest BCUT2D eigenvalue weighted by Crippen LogP contribution is -2.03. The highest BCUT2D eigenvalue weighted by molar-refractivity contribution is 6.33. The molecule has 0 aliphatic carbocycles. The number of hydrogen-bond donors (Lipinski definition) is 3. The van der Waals surface area contributed by atoms with Crippen LogP contribution in [0.4, 0.5) is 0 Å². The smallest absolute Gasteiger partial charge is 0.303 e. The van der Waals surface area contributed by atoms with Gasteiger partial charge in [0, 0.05) is 0 Å². The highest BCUT2D eigenvalue weighted by Gasteiger charge is 2.17. The second kappa shape index (κ2) is 4.40. The summed E-state index contributed by atoms with van der Waals surface area (Å²) < 4.78 is 0. The monoisotopic (exact) mass is 230 g/mol. The lowest BCUT2D eigenvalue weighted by Gasteiger charge is -2.12. The second-order valence-corrected chi connectivity index (χ2v) is 3.71. The highest BCUT2D eigenvalue weighted by Crippen LogP contribution is 2.39. The third kappa shape index (κ3) is 2.53. The average molecular weight is 231 g/mol. The van der Waals surface area contributed by atoms with Crippen molar-refractivity contribution in [3.05, 3.63) is 22.7 Å². The Morgan fingerprint density at radius 2 is 2.07 bits per heavy atom. The lowest BCUT2D eigenvalue weighted by atomic mass is 9.97. The molecule has 1 unspecified atom stereocenters. The van der Waals surface area contributed by atoms with Crippen LogP contribution in [0.1, 0.15) is 24.8 Å². The number of aliphatic carboxylic acids is 1. The Kier molecular flexibility index (Phi) is 3.42. The van der Waals surface area contributed by atoms with E-state index in [4.69, 9.17) is 16.7 Å². The summed E-state index contributed by atoms with van der Waals surface area (Å²) in [5, 5.41) is 27.2. The molecule has 15 heavy (non-hydrogen) atoms. The summed E-state index contributed by atoms with van der Waals surface area (Å²) in [6.07, 6.45) is -0.103. The van der Waals surface area contributed by atoms with Gasteiger partial charge < -0.3 is 15.3 Å². The Hall–Kier alpha value is -1.42. The van der Waals surface area contributed by atoms with E-state index in [1.807, 2.05) is 0 Å². The first-order valence-corrected chi connectivity index (χ1v) is 4.73. The lowest BCUT2D eigenvalue weighted by molar-refractivity contribution is -0.137. The van der Waals surface area contributed by atoms with Gasteiger partial charge in [0.05, 0.1) is 6.42 Å². The van der Waals surface area contributed by atoms with Gasteiger partial charge in [-0.05, 0) is 17.5 Å². The van der Waals surface area contributed by atoms with Crippen LogP contribution < -0.4 is 0 Å². The molecule has 0 amide bonds. The summed E-state index contributed by atoms with van der Waals surface area (Å²) >= 11 is 5.62. The van der Waals surface area contributed by atoms with Gasteiger partial charge in [-0.3, -0.25) is 4.79 Å². The molecule has 0 bridgehead atoms. The molecule has 1 aromatic carbocycles. The number of carboxylic acid groups (broad SMARTS) is 1. The summed E-state index contributed by atoms with van der Waals surface area (Å²) in [5.74, 6) is -1.79. The molecule has 82 valence electrons. The second-order valence-electron chi connectivity index (χ2n) is 3.34. The normalized spacial score (nSPS) is 12.4. The molecule has 0 fully saturated rings. The van der Waals surface area contributed by atoms with Crippen LogP contribution in [-0.4, -0.2) is 21.3 Å². The van der Waals surface area contributed by atoms with E-state index in [1.165, 1.54) is 12.1 Å². The maximum atomic E-state index is 10.5. The van der Waals surface area contributed by atoms with Crippen molar-refractivity contribution in [3.8, 4) is 11.5 Å². The van der Waals surface area contributed by atoms with E-state index in [0.717, 1.165) is 0 Å². The summed E-state index contributed by atoms with van der Waals surface area (Å²) in [4.78, 5) is 10.5. The van der Waals surface area contributed by atoms with Crippen LogP contribution in [0.5, 0.6) is 11.5 Å². The number of carboxylic acids is 1. The zero-order chi connectivity index (χ0) is 11.6. The predicted molar refractivity (Wildman–Crippen MR) is 55.4 cm³/mol. The first-order valence-electron chi connectivity index (χ1n) is 4.35. The SMILES string of the molecule is CC(CC(=O)O)c1ccc(O)c(Cl)c1O. The van der Waals surface area contributed by atoms with E-state index in [9.17, 15) is 15.0 Å². The van der Waals surface area contributed by atoms with Gasteiger partial charge in [0.15, 0.2) is 0 Å². The van der Waals surface area contributed by atoms with Crippen LogP contribution in [-0.2, 0) is 4.79 Å². The standard InChI is InChI=1S/C10H11ClO4/c1-5(4-8(13)14)6-2-3-7(12)9(11)10(6)15/h2-3,5,12,15H,4H2,1H3,(H,13,14). The van der Waals surface area contributed by atoms with E-state index in [2.05, 4.69) is 0 Å². The Labute approximate surface area is 91.7 Å². The van der Waals surface area contributed by atoms with Crippen molar-refractivity contribution < 1.29 is 20.1 Å². The molecule has 4 nitrogen and oxygen atoms in total. The Morgan fingerprint density at radius 1 is 1.47 bits per heavy atom. The number of carbonyl (C=O) groups is 1. The van der Waals surface area contributed by atoms with E-state index in [1.54, 1.807) is 6.92 Å². The third-order valence-electron chi connectivity index (χ3n) is 2.14. The van der Waals surface area contributed by atoms with Crippen LogP contribution in [0.25, 0.3) is 0 Å². The molecule has 0 radical (unpaired) electrons. The molecule has 0 aromatic heterocycles. The molecular weight excluding hydrogens is 220 g/mol. The maximum absolute atomic E-state index is 10.5. The van der Waals surface area contributed by atoms with Crippen molar-refractivity contribution in [3.63, 3.8) is 0 Å². The molecule has 0 saturated heterocycles. The summed E-state index contributed by atoms with van der Waals surface area (Å²) in [7, 11) is 0. The summed E-state index contributed by atoms with van der Waals surface area (Å²) in [6, 6.07) is 2.79. The zero-order valence-electron chi connectivity index (χ0n) is 8.07. The van der Waals surface area contributed by atoms with Gasteiger partial charge in [0.1, 0.15) is 16.5 Å². The fourth-order valence-electron chi connectivity index (χ4n) is 1.34. The van der Waals surface area contributed by atoms with Gasteiger partial charge in [-0.1, -0.05) is 24.6 Å². The van der Waals surface area contributed by atoms with Crippen LogP contribution in [0.3, 0.4) is 0 Å². The van der Waals surface area contributed by atoms with E-state index in [-0.39, 0.29) is 28.9 Å². The zero-order valence-corrected chi connectivity index (χ0v) is 8.82. The molecule has 5 heteroatoms. The van der Waals surface area contributed by atoms with Crippen molar-refractivity contribution in [1.82, 2.24) is 0 Å². The number of halogens is 1. The molecule has 0 spiro atoms. The fourth-order valence-corrected chi connectivity index (χ4v) is 1.51. The minimum absolute atomic E-state index is 0.103. The number of phenols is 2. The molecule has 0 aliphatic heterocycles. The highest BCUT2D eigenvalue weighted by atomic mass is 35.5. The number of benzene rings is 1. The predicted octanol–water partition coefficient (Wildman–Crippen LogP) is 2.33. The first kappa shape index (κ1) is 11.7. The fraction of sp³-hybridized carbons (Fsp3) is 0.300. The van der Waals surface area contributed by atoms with Gasteiger partial charge in [0.25, 0.3) is 0 Å². The quantitative estimate of drug-likeness (QED) is 0.745. The van der Waals surface area contributed by atoms with Gasteiger partial charge in [0.2, 0.25) is 0 Å². The van der Waals surface area contributed by atoms with Crippen molar-refractivity contribution in [1.29, 1.82) is 0 Å². The number of aromatic hydroxyl groups is 2. The van der Waals surface area contributed by atoms with Crippen molar-refractivity contribution in [2.24, 2.45) is 0 Å². The third-order valence-corrected chi connectivity index (χ3v) is 2.51. The van der Waals surface area contributed by atoms with Crippen molar-refractivity contribution in [2.45, 2.75) is 19.3 Å².